The van der Waals surface area contributed by atoms with Gasteiger partial charge >= 0.3 is 0 Å². The number of amides is 3. The minimum absolute atomic E-state index is 0.0558. The summed E-state index contributed by atoms with van der Waals surface area (Å²) in [6.45, 7) is 1.93. The largest absolute Gasteiger partial charge is 0.350 e. The van der Waals surface area contributed by atoms with Crippen LogP contribution in [0.4, 0.5) is 17.1 Å². The number of nitrogens with zero attached hydrogens (tertiary/aromatic N) is 1. The molecule has 1 aliphatic rings. The summed E-state index contributed by atoms with van der Waals surface area (Å²) >= 11 is 6.22. The Bertz CT molecular complexity index is 1500. The lowest BCUT2D eigenvalue weighted by Gasteiger charge is -2.18. The van der Waals surface area contributed by atoms with E-state index in [1.165, 1.54) is 36.4 Å². The van der Waals surface area contributed by atoms with E-state index in [1.807, 2.05) is 19.1 Å². The van der Waals surface area contributed by atoms with Crippen molar-refractivity contribution in [3.05, 3.63) is 94.7 Å². The molecule has 36 heavy (non-hydrogen) atoms. The number of carbonyl (C=O) groups excluding carboxylic acids is 3. The number of primary sulfonamides is 1. The first kappa shape index (κ1) is 25.1. The van der Waals surface area contributed by atoms with Crippen LogP contribution >= 0.6 is 11.6 Å². The number of nitrogens with two attached hydrogens (primary N) is 1. The number of carbonyl (C=O) groups is 3. The molecule has 0 bridgehead atoms. The van der Waals surface area contributed by atoms with Gasteiger partial charge in [-0.3, -0.25) is 14.4 Å². The van der Waals surface area contributed by atoms with Gasteiger partial charge in [0.05, 0.1) is 10.6 Å². The van der Waals surface area contributed by atoms with Gasteiger partial charge in [0.1, 0.15) is 10.7 Å². The fraction of sp³-hybridized carbons (Fsp3) is 0.0800. The SMILES string of the molecule is CCc1ccccc1N1C(=O)C(Cl)=C(Nc2ccc(C(=O)Nc3ccc(S(N)(=O)=O)cc3)cc2)C1=O. The van der Waals surface area contributed by atoms with Gasteiger partial charge in [-0.05, 0) is 66.6 Å². The van der Waals surface area contributed by atoms with Crippen molar-refractivity contribution in [1.29, 1.82) is 0 Å². The standard InChI is InChI=1S/C25H21ClN4O5S/c1-2-15-5-3-4-6-20(15)30-24(32)21(26)22(25(30)33)28-17-9-7-16(8-10-17)23(31)29-18-11-13-19(14-12-18)36(27,34)35/h3-14,28H,2H2,1H3,(H,29,31)(H2,27,34,35). The number of rotatable bonds is 7. The van der Waals surface area contributed by atoms with Crippen molar-refractivity contribution in [1.82, 2.24) is 0 Å². The molecule has 0 saturated carbocycles. The van der Waals surface area contributed by atoms with Crippen molar-refractivity contribution in [2.45, 2.75) is 18.2 Å². The Morgan fingerprint density at radius 2 is 1.53 bits per heavy atom. The van der Waals surface area contributed by atoms with Crippen LogP contribution in [0.5, 0.6) is 0 Å². The van der Waals surface area contributed by atoms with Crippen LogP contribution in [-0.4, -0.2) is 26.1 Å². The van der Waals surface area contributed by atoms with E-state index in [-0.39, 0.29) is 15.6 Å². The molecule has 0 saturated heterocycles. The fourth-order valence-corrected chi connectivity index (χ4v) is 4.37. The van der Waals surface area contributed by atoms with E-state index >= 15 is 0 Å². The second-order valence-corrected chi connectivity index (χ2v) is 9.78. The maximum Gasteiger partial charge on any atom is 0.283 e. The molecule has 1 aliphatic heterocycles. The maximum absolute atomic E-state index is 13.1. The number of imide groups is 1. The van der Waals surface area contributed by atoms with Gasteiger partial charge < -0.3 is 10.6 Å². The highest BCUT2D eigenvalue weighted by molar-refractivity contribution is 7.89. The molecule has 0 atom stereocenters. The topological polar surface area (TPSA) is 139 Å². The van der Waals surface area contributed by atoms with Crippen LogP contribution in [0.15, 0.2) is 88.4 Å². The highest BCUT2D eigenvalue weighted by Crippen LogP contribution is 2.32. The average molecular weight is 525 g/mol. The molecule has 0 fully saturated rings. The molecule has 0 aromatic heterocycles. The molecule has 0 spiro atoms. The lowest BCUT2D eigenvalue weighted by Crippen LogP contribution is -2.33. The van der Waals surface area contributed by atoms with Crippen molar-refractivity contribution in [2.75, 3.05) is 15.5 Å². The predicted molar refractivity (Wildman–Crippen MR) is 137 cm³/mol. The Balaban J connectivity index is 1.47. The van der Waals surface area contributed by atoms with E-state index in [9.17, 15) is 22.8 Å². The molecule has 0 aliphatic carbocycles. The molecule has 11 heteroatoms. The first-order valence-corrected chi connectivity index (χ1v) is 12.7. The van der Waals surface area contributed by atoms with Gasteiger partial charge in [-0.25, -0.2) is 18.5 Å². The lowest BCUT2D eigenvalue weighted by molar-refractivity contribution is -0.120. The Hall–Kier alpha value is -3.99. The molecule has 0 unspecified atom stereocenters. The third-order valence-corrected chi connectivity index (χ3v) is 6.78. The molecule has 3 aromatic rings. The molecule has 4 N–H and O–H groups in total. The Morgan fingerprint density at radius 1 is 0.917 bits per heavy atom. The first-order chi connectivity index (χ1) is 17.1. The van der Waals surface area contributed by atoms with E-state index in [4.69, 9.17) is 16.7 Å². The summed E-state index contributed by atoms with van der Waals surface area (Å²) in [5, 5.41) is 10.4. The van der Waals surface area contributed by atoms with E-state index in [2.05, 4.69) is 10.6 Å². The second-order valence-electron chi connectivity index (χ2n) is 7.84. The lowest BCUT2D eigenvalue weighted by atomic mass is 10.1. The van der Waals surface area contributed by atoms with Crippen molar-refractivity contribution in [3.63, 3.8) is 0 Å². The first-order valence-electron chi connectivity index (χ1n) is 10.8. The highest BCUT2D eigenvalue weighted by Gasteiger charge is 2.39. The van der Waals surface area contributed by atoms with E-state index in [0.717, 1.165) is 10.5 Å². The molecular formula is C25H21ClN4O5S. The van der Waals surface area contributed by atoms with E-state index in [1.54, 1.807) is 24.3 Å². The summed E-state index contributed by atoms with van der Waals surface area (Å²) in [4.78, 5) is 39.3. The summed E-state index contributed by atoms with van der Waals surface area (Å²) in [7, 11) is -3.83. The van der Waals surface area contributed by atoms with Crippen molar-refractivity contribution in [3.8, 4) is 0 Å². The summed E-state index contributed by atoms with van der Waals surface area (Å²) in [6, 6.07) is 18.7. The van der Waals surface area contributed by atoms with Crippen LogP contribution in [0.25, 0.3) is 0 Å². The minimum Gasteiger partial charge on any atom is -0.350 e. The maximum atomic E-state index is 13.1. The Kier molecular flexibility index (Phi) is 6.93. The highest BCUT2D eigenvalue weighted by atomic mass is 35.5. The number of sulfonamides is 1. The van der Waals surface area contributed by atoms with E-state index < -0.39 is 27.7 Å². The second kappa shape index (κ2) is 9.94. The number of halogens is 1. The zero-order valence-corrected chi connectivity index (χ0v) is 20.6. The normalized spacial score (nSPS) is 13.8. The number of anilines is 3. The van der Waals surface area contributed by atoms with Crippen LogP contribution in [0.2, 0.25) is 0 Å². The predicted octanol–water partition coefficient (Wildman–Crippen LogP) is 3.58. The molecule has 4 rings (SSSR count). The number of benzene rings is 3. The molecule has 9 nitrogen and oxygen atoms in total. The van der Waals surface area contributed by atoms with Crippen molar-refractivity contribution < 1.29 is 22.8 Å². The summed E-state index contributed by atoms with van der Waals surface area (Å²) < 4.78 is 22.7. The van der Waals surface area contributed by atoms with Crippen LogP contribution in [0, 0.1) is 0 Å². The molecule has 184 valence electrons. The number of hydrogen-bond acceptors (Lipinski definition) is 6. The third-order valence-electron chi connectivity index (χ3n) is 5.50. The average Bonchev–Trinajstić information content (AvgIpc) is 3.07. The van der Waals surface area contributed by atoms with Crippen molar-refractivity contribution >= 4 is 56.4 Å². The van der Waals surface area contributed by atoms with Gasteiger partial charge in [-0.1, -0.05) is 36.7 Å². The molecule has 3 aromatic carbocycles. The summed E-state index contributed by atoms with van der Waals surface area (Å²) in [5.41, 5.74) is 2.40. The van der Waals surface area contributed by atoms with E-state index in [0.29, 0.717) is 29.0 Å². The van der Waals surface area contributed by atoms with Gasteiger partial charge in [0, 0.05) is 16.9 Å². The number of aryl methyl sites for hydroxylation is 1. The van der Waals surface area contributed by atoms with Gasteiger partial charge in [-0.15, -0.1) is 0 Å². The smallest absolute Gasteiger partial charge is 0.283 e. The Morgan fingerprint density at radius 3 is 2.14 bits per heavy atom. The van der Waals surface area contributed by atoms with Crippen LogP contribution in [0.3, 0.4) is 0 Å². The van der Waals surface area contributed by atoms with Gasteiger partial charge in [-0.2, -0.15) is 0 Å². The van der Waals surface area contributed by atoms with Gasteiger partial charge in [0.15, 0.2) is 0 Å². The third kappa shape index (κ3) is 5.01. The van der Waals surface area contributed by atoms with Crippen LogP contribution in [-0.2, 0) is 26.0 Å². The zero-order valence-electron chi connectivity index (χ0n) is 19.0. The summed E-state index contributed by atoms with van der Waals surface area (Å²) in [6.07, 6.45) is 0.632. The minimum atomic E-state index is -3.83. The molecule has 3 amide bonds. The monoisotopic (exact) mass is 524 g/mol. The van der Waals surface area contributed by atoms with Crippen molar-refractivity contribution in [2.24, 2.45) is 5.14 Å². The van der Waals surface area contributed by atoms with Crippen LogP contribution in [0.1, 0.15) is 22.8 Å². The molecular weight excluding hydrogens is 504 g/mol. The summed E-state index contributed by atoms with van der Waals surface area (Å²) in [5.74, 6) is -1.62. The number of nitrogens with one attached hydrogen (secondary N) is 2. The number of para-hydroxylation sites is 1. The molecule has 1 heterocycles. The van der Waals surface area contributed by atoms with Crippen LogP contribution < -0.4 is 20.7 Å². The fourth-order valence-electron chi connectivity index (χ4n) is 3.64. The Labute approximate surface area is 212 Å². The van der Waals surface area contributed by atoms with Gasteiger partial charge in [0.2, 0.25) is 10.0 Å². The van der Waals surface area contributed by atoms with Gasteiger partial charge in [0.25, 0.3) is 17.7 Å². The quantitative estimate of drug-likeness (QED) is 0.404. The number of hydrogen-bond donors (Lipinski definition) is 3. The molecule has 0 radical (unpaired) electrons. The zero-order chi connectivity index (χ0) is 26.0.